The number of anilines is 1. The SMILES string of the molecule is CN1CCN(C(=O)c2ccc([N+](=O)[O-])cc2N2CCCCC2)C(c2ccccc2)C1. The van der Waals surface area contributed by atoms with Gasteiger partial charge < -0.3 is 14.7 Å². The van der Waals surface area contributed by atoms with Gasteiger partial charge in [0.05, 0.1) is 22.2 Å². The van der Waals surface area contributed by atoms with Gasteiger partial charge in [-0.05, 0) is 37.9 Å². The number of benzene rings is 2. The van der Waals surface area contributed by atoms with Gasteiger partial charge in [-0.15, -0.1) is 0 Å². The molecule has 0 spiro atoms. The monoisotopic (exact) mass is 408 g/mol. The van der Waals surface area contributed by atoms with Crippen molar-refractivity contribution in [3.05, 3.63) is 69.8 Å². The molecular weight excluding hydrogens is 380 g/mol. The Morgan fingerprint density at radius 1 is 1.00 bits per heavy atom. The molecule has 0 radical (unpaired) electrons. The summed E-state index contributed by atoms with van der Waals surface area (Å²) >= 11 is 0. The molecule has 7 nitrogen and oxygen atoms in total. The first kappa shape index (κ1) is 20.3. The highest BCUT2D eigenvalue weighted by Gasteiger charge is 2.33. The van der Waals surface area contributed by atoms with Crippen LogP contribution in [0.5, 0.6) is 0 Å². The lowest BCUT2D eigenvalue weighted by Crippen LogP contribution is -2.49. The standard InChI is InChI=1S/C23H28N4O3/c1-24-14-15-26(22(17-24)18-8-4-2-5-9-18)23(28)20-11-10-19(27(29)30)16-21(20)25-12-6-3-7-13-25/h2,4-5,8-11,16,22H,3,6-7,12-15,17H2,1H3. The molecule has 2 aromatic carbocycles. The molecule has 2 aromatic rings. The van der Waals surface area contributed by atoms with E-state index in [0.29, 0.717) is 17.8 Å². The van der Waals surface area contributed by atoms with Crippen molar-refractivity contribution in [3.63, 3.8) is 0 Å². The highest BCUT2D eigenvalue weighted by molar-refractivity contribution is 6.00. The van der Waals surface area contributed by atoms with Crippen LogP contribution in [0.25, 0.3) is 0 Å². The largest absolute Gasteiger partial charge is 0.371 e. The Kier molecular flexibility index (Phi) is 5.99. The molecule has 30 heavy (non-hydrogen) atoms. The summed E-state index contributed by atoms with van der Waals surface area (Å²) in [6.45, 7) is 3.85. The number of amides is 1. The number of nitro benzene ring substituents is 1. The van der Waals surface area contributed by atoms with Gasteiger partial charge in [0.15, 0.2) is 0 Å². The summed E-state index contributed by atoms with van der Waals surface area (Å²) in [7, 11) is 2.07. The third-order valence-corrected chi connectivity index (χ3v) is 6.15. The number of nitro groups is 1. The minimum atomic E-state index is -0.385. The highest BCUT2D eigenvalue weighted by atomic mass is 16.6. The maximum Gasteiger partial charge on any atom is 0.271 e. The predicted octanol–water partition coefficient (Wildman–Crippen LogP) is 3.71. The van der Waals surface area contributed by atoms with Gasteiger partial charge in [-0.1, -0.05) is 30.3 Å². The van der Waals surface area contributed by atoms with Crippen molar-refractivity contribution in [1.29, 1.82) is 0 Å². The fourth-order valence-corrected chi connectivity index (χ4v) is 4.49. The summed E-state index contributed by atoms with van der Waals surface area (Å²) in [5.41, 5.74) is 2.40. The Morgan fingerprint density at radius 2 is 1.73 bits per heavy atom. The van der Waals surface area contributed by atoms with Crippen LogP contribution in [-0.4, -0.2) is 60.4 Å². The van der Waals surface area contributed by atoms with E-state index in [9.17, 15) is 14.9 Å². The van der Waals surface area contributed by atoms with Crippen molar-refractivity contribution < 1.29 is 9.72 Å². The number of nitrogens with zero attached hydrogens (tertiary/aromatic N) is 4. The average molecular weight is 409 g/mol. The number of carbonyl (C=O) groups is 1. The topological polar surface area (TPSA) is 69.9 Å². The molecule has 2 saturated heterocycles. The fraction of sp³-hybridized carbons (Fsp3) is 0.435. The molecule has 1 unspecified atom stereocenters. The lowest BCUT2D eigenvalue weighted by atomic mass is 10.00. The van der Waals surface area contributed by atoms with Gasteiger partial charge in [0.25, 0.3) is 11.6 Å². The zero-order chi connectivity index (χ0) is 21.1. The quantitative estimate of drug-likeness (QED) is 0.570. The molecule has 2 fully saturated rings. The van der Waals surface area contributed by atoms with Gasteiger partial charge in [0.2, 0.25) is 0 Å². The van der Waals surface area contributed by atoms with Crippen LogP contribution >= 0.6 is 0 Å². The summed E-state index contributed by atoms with van der Waals surface area (Å²) in [5, 5.41) is 11.4. The Morgan fingerprint density at radius 3 is 2.43 bits per heavy atom. The van der Waals surface area contributed by atoms with Crippen molar-refractivity contribution in [2.24, 2.45) is 0 Å². The lowest BCUT2D eigenvalue weighted by Gasteiger charge is -2.41. The van der Waals surface area contributed by atoms with Crippen molar-refractivity contribution in [2.75, 3.05) is 44.7 Å². The maximum absolute atomic E-state index is 13.7. The third-order valence-electron chi connectivity index (χ3n) is 6.15. The van der Waals surface area contributed by atoms with Gasteiger partial charge in [0, 0.05) is 44.9 Å². The van der Waals surface area contributed by atoms with Crippen molar-refractivity contribution in [3.8, 4) is 0 Å². The van der Waals surface area contributed by atoms with Crippen LogP contribution in [0.4, 0.5) is 11.4 Å². The number of rotatable bonds is 4. The van der Waals surface area contributed by atoms with Gasteiger partial charge >= 0.3 is 0 Å². The molecule has 0 bridgehead atoms. The van der Waals surface area contributed by atoms with Crippen molar-refractivity contribution >= 4 is 17.3 Å². The van der Waals surface area contributed by atoms with Crippen LogP contribution < -0.4 is 4.90 Å². The minimum Gasteiger partial charge on any atom is -0.371 e. The number of hydrogen-bond donors (Lipinski definition) is 0. The molecule has 1 atom stereocenters. The van der Waals surface area contributed by atoms with E-state index in [1.54, 1.807) is 12.1 Å². The minimum absolute atomic E-state index is 0.0325. The molecule has 0 aliphatic carbocycles. The summed E-state index contributed by atoms with van der Waals surface area (Å²) in [6.07, 6.45) is 3.23. The Labute approximate surface area is 177 Å². The molecule has 0 N–H and O–H groups in total. The van der Waals surface area contributed by atoms with Gasteiger partial charge in [-0.25, -0.2) is 0 Å². The number of piperidine rings is 1. The van der Waals surface area contributed by atoms with Crippen LogP contribution in [0.1, 0.15) is 41.2 Å². The number of carbonyl (C=O) groups excluding carboxylic acids is 1. The molecule has 2 aliphatic rings. The van der Waals surface area contributed by atoms with E-state index in [1.165, 1.54) is 6.07 Å². The highest BCUT2D eigenvalue weighted by Crippen LogP contribution is 2.33. The molecule has 2 heterocycles. The molecule has 1 amide bonds. The van der Waals surface area contributed by atoms with Crippen molar-refractivity contribution in [2.45, 2.75) is 25.3 Å². The Balaban J connectivity index is 1.71. The molecule has 158 valence electrons. The second-order valence-corrected chi connectivity index (χ2v) is 8.19. The van der Waals surface area contributed by atoms with E-state index < -0.39 is 0 Å². The first-order valence-electron chi connectivity index (χ1n) is 10.6. The Bertz CT molecular complexity index is 912. The summed E-state index contributed by atoms with van der Waals surface area (Å²) < 4.78 is 0. The number of likely N-dealkylation sites (N-methyl/N-ethyl adjacent to an activating group) is 1. The smallest absolute Gasteiger partial charge is 0.271 e. The first-order chi connectivity index (χ1) is 14.5. The summed E-state index contributed by atoms with van der Waals surface area (Å²) in [4.78, 5) is 31.0. The molecule has 4 rings (SSSR count). The average Bonchev–Trinajstić information content (AvgIpc) is 2.79. The fourth-order valence-electron chi connectivity index (χ4n) is 4.49. The molecular formula is C23H28N4O3. The zero-order valence-corrected chi connectivity index (χ0v) is 17.4. The van der Waals surface area contributed by atoms with Crippen LogP contribution in [0.15, 0.2) is 48.5 Å². The van der Waals surface area contributed by atoms with Crippen LogP contribution in [0.2, 0.25) is 0 Å². The van der Waals surface area contributed by atoms with E-state index in [-0.39, 0.29) is 22.6 Å². The molecule has 2 aliphatic heterocycles. The molecule has 0 saturated carbocycles. The zero-order valence-electron chi connectivity index (χ0n) is 17.4. The van der Waals surface area contributed by atoms with Crippen LogP contribution in [0, 0.1) is 10.1 Å². The number of hydrogen-bond acceptors (Lipinski definition) is 5. The van der Waals surface area contributed by atoms with Gasteiger partial charge in [-0.3, -0.25) is 14.9 Å². The summed E-state index contributed by atoms with van der Waals surface area (Å²) in [5.74, 6) is -0.0487. The lowest BCUT2D eigenvalue weighted by molar-refractivity contribution is -0.384. The first-order valence-corrected chi connectivity index (χ1v) is 10.6. The normalized spacial score (nSPS) is 20.2. The van der Waals surface area contributed by atoms with Gasteiger partial charge in [0.1, 0.15) is 0 Å². The van der Waals surface area contributed by atoms with E-state index in [2.05, 4.69) is 29.0 Å². The Hall–Kier alpha value is -2.93. The number of piperazine rings is 1. The predicted molar refractivity (Wildman–Crippen MR) is 117 cm³/mol. The van der Waals surface area contributed by atoms with Crippen LogP contribution in [0.3, 0.4) is 0 Å². The summed E-state index contributed by atoms with van der Waals surface area (Å²) in [6, 6.07) is 14.7. The molecule has 0 aromatic heterocycles. The number of non-ortho nitro benzene ring substituents is 1. The second-order valence-electron chi connectivity index (χ2n) is 8.19. The maximum atomic E-state index is 13.7. The van der Waals surface area contributed by atoms with E-state index in [4.69, 9.17) is 0 Å². The van der Waals surface area contributed by atoms with Crippen LogP contribution in [-0.2, 0) is 0 Å². The van der Waals surface area contributed by atoms with E-state index in [1.807, 2.05) is 23.1 Å². The van der Waals surface area contributed by atoms with E-state index in [0.717, 1.165) is 51.0 Å². The van der Waals surface area contributed by atoms with Crippen molar-refractivity contribution in [1.82, 2.24) is 9.80 Å². The second kappa shape index (κ2) is 8.83. The molecule has 7 heteroatoms. The van der Waals surface area contributed by atoms with E-state index >= 15 is 0 Å². The third kappa shape index (κ3) is 4.16. The van der Waals surface area contributed by atoms with Gasteiger partial charge in [-0.2, -0.15) is 0 Å².